The Morgan fingerprint density at radius 1 is 0.164 bits per heavy atom. The smallest absolute Gasteiger partial charge is 0.137 e. The van der Waals surface area contributed by atoms with Gasteiger partial charge in [-0.2, -0.15) is 0 Å². The molecule has 0 fully saturated rings. The lowest BCUT2D eigenvalue weighted by Crippen LogP contribution is -2.10. The Kier molecular flexibility index (Phi) is 16.6. The molecule has 8 heteroatoms. The minimum Gasteiger partial charge on any atom is -0.456 e. The third-order valence-electron chi connectivity index (χ3n) is 26.4. The maximum absolute atomic E-state index is 6.78. The van der Waals surface area contributed by atoms with Crippen LogP contribution in [-0.4, -0.2) is 18.3 Å². The van der Waals surface area contributed by atoms with Crippen LogP contribution in [0.2, 0.25) is 0 Å². The Bertz CT molecular complexity index is 9050. The van der Waals surface area contributed by atoms with Gasteiger partial charge in [0.1, 0.15) is 22.3 Å². The molecule has 8 nitrogen and oxygen atoms in total. The zero-order chi connectivity index (χ0) is 84.0. The van der Waals surface area contributed by atoms with Crippen LogP contribution in [0.3, 0.4) is 0 Å². The summed E-state index contributed by atoms with van der Waals surface area (Å²) in [7, 11) is 0. The molecule has 0 aliphatic heterocycles. The third kappa shape index (κ3) is 11.6. The van der Waals surface area contributed by atoms with Crippen molar-refractivity contribution in [2.24, 2.45) is 0 Å². The van der Waals surface area contributed by atoms with Gasteiger partial charge in [-0.1, -0.05) is 273 Å². The lowest BCUT2D eigenvalue weighted by molar-refractivity contribution is 0.668. The van der Waals surface area contributed by atoms with Gasteiger partial charge in [0.2, 0.25) is 0 Å². The summed E-state index contributed by atoms with van der Waals surface area (Å²) in [6, 6.07) is 167. The molecular formula is C120H76N6O2. The summed E-state index contributed by atoms with van der Waals surface area (Å²) in [5.41, 5.74) is 28.3. The fourth-order valence-electron chi connectivity index (χ4n) is 20.6. The van der Waals surface area contributed by atoms with Gasteiger partial charge < -0.3 is 36.9 Å². The van der Waals surface area contributed by atoms with Gasteiger partial charge in [0.05, 0.1) is 49.8 Å². The molecule has 0 aliphatic carbocycles. The van der Waals surface area contributed by atoms with Crippen molar-refractivity contribution < 1.29 is 8.83 Å². The van der Waals surface area contributed by atoms with Crippen molar-refractivity contribution in [1.29, 1.82) is 0 Å². The molecule has 27 rings (SSSR count). The van der Waals surface area contributed by atoms with Crippen molar-refractivity contribution in [3.63, 3.8) is 0 Å². The molecule has 0 radical (unpaired) electrons. The second kappa shape index (κ2) is 29.2. The molecule has 6 aromatic heterocycles. The number of furan rings is 2. The average molecular weight is 1630 g/mol. The monoisotopic (exact) mass is 1630 g/mol. The van der Waals surface area contributed by atoms with Crippen LogP contribution in [0.15, 0.2) is 470 Å². The van der Waals surface area contributed by atoms with Gasteiger partial charge in [0.25, 0.3) is 0 Å². The van der Waals surface area contributed by atoms with Crippen molar-refractivity contribution in [3.8, 4) is 45.0 Å². The van der Waals surface area contributed by atoms with Crippen LogP contribution in [-0.2, 0) is 0 Å². The maximum atomic E-state index is 6.78. The quantitative estimate of drug-likeness (QED) is 0.114. The first kappa shape index (κ1) is 72.4. The first-order chi connectivity index (χ1) is 63.5. The number of fused-ring (bicyclic) bond motifs is 22. The summed E-state index contributed by atoms with van der Waals surface area (Å²) < 4.78 is 23.0. The normalized spacial score (nSPS) is 11.9. The van der Waals surface area contributed by atoms with E-state index in [4.69, 9.17) is 8.83 Å². The minimum absolute atomic E-state index is 0.839. The number of rotatable bonds is 12. The number of hydrogen-bond acceptors (Lipinski definition) is 4. The zero-order valence-electron chi connectivity index (χ0n) is 69.4. The second-order valence-electron chi connectivity index (χ2n) is 33.4. The molecular weight excluding hydrogens is 1560 g/mol. The van der Waals surface area contributed by atoms with Gasteiger partial charge in [-0.3, -0.25) is 0 Å². The van der Waals surface area contributed by atoms with Crippen LogP contribution in [0, 0.1) is 0 Å². The largest absolute Gasteiger partial charge is 0.456 e. The molecule has 0 spiro atoms. The van der Waals surface area contributed by atoms with E-state index in [2.05, 4.69) is 489 Å². The Hall–Kier alpha value is -17.2. The van der Waals surface area contributed by atoms with E-state index in [9.17, 15) is 0 Å². The highest BCUT2D eigenvalue weighted by molar-refractivity contribution is 6.19. The van der Waals surface area contributed by atoms with Crippen LogP contribution in [0.25, 0.3) is 208 Å². The lowest BCUT2D eigenvalue weighted by atomic mass is 9.97. The van der Waals surface area contributed by atoms with Gasteiger partial charge in [0, 0.05) is 128 Å². The Morgan fingerprint density at radius 2 is 0.523 bits per heavy atom. The maximum Gasteiger partial charge on any atom is 0.137 e. The number of para-hydroxylation sites is 8. The van der Waals surface area contributed by atoms with Crippen LogP contribution in [0.1, 0.15) is 0 Å². The summed E-state index contributed by atoms with van der Waals surface area (Å²) in [4.78, 5) is 4.76. The molecule has 0 bridgehead atoms. The fraction of sp³-hybridized carbons (Fsp3) is 0. The van der Waals surface area contributed by atoms with Crippen molar-refractivity contribution >= 4 is 198 Å². The first-order valence-electron chi connectivity index (χ1n) is 43.8. The van der Waals surface area contributed by atoms with E-state index in [0.717, 1.165) is 117 Å². The molecule has 21 aromatic carbocycles. The van der Waals surface area contributed by atoms with Crippen molar-refractivity contribution in [2.45, 2.75) is 0 Å². The molecule has 598 valence electrons. The van der Waals surface area contributed by atoms with Crippen molar-refractivity contribution in [1.82, 2.24) is 18.3 Å². The number of benzene rings is 21. The van der Waals surface area contributed by atoms with E-state index in [1.165, 1.54) is 125 Å². The highest BCUT2D eigenvalue weighted by atomic mass is 16.3. The van der Waals surface area contributed by atoms with Crippen molar-refractivity contribution in [3.05, 3.63) is 461 Å². The standard InChI is InChI=1S/C62H39N3O.C58H37N3O/c1-2-14-44(15-3-1)64-57-22-11-8-19-53(57)62-58(23-12-24-59(62)64)63(45-30-27-40(28-31-45)42-29-34-49-43(37-42)26-25-41-13-4-5-16-48(41)49)47-32-35-52-54-38-46(33-36-60(54)66-61(52)39-47)65-55-20-9-6-17-50(55)51-18-7-10-21-56(51)65;1-2-15-40(16-3-1)60-53-22-9-8-20-49(53)50-32-29-43(36-56(50)60)59(41-27-25-39(26-28-41)46-21-12-14-38-13-4-5-17-45(38)46)44-30-33-51-52-35-42(31-34-57(52)62-58(51)37-44)61-54-23-10-6-18-47(54)48-19-7-11-24-55(48)61/h1-39H;1-37H. The van der Waals surface area contributed by atoms with Crippen molar-refractivity contribution in [2.75, 3.05) is 9.80 Å². The van der Waals surface area contributed by atoms with Gasteiger partial charge in [0.15, 0.2) is 0 Å². The topological polar surface area (TPSA) is 52.5 Å². The Labute approximate surface area is 735 Å². The predicted molar refractivity (Wildman–Crippen MR) is 538 cm³/mol. The van der Waals surface area contributed by atoms with Gasteiger partial charge in [-0.15, -0.1) is 0 Å². The molecule has 6 heterocycles. The summed E-state index contributed by atoms with van der Waals surface area (Å²) in [6.45, 7) is 0. The molecule has 0 saturated carbocycles. The third-order valence-corrected chi connectivity index (χ3v) is 26.4. The molecule has 0 amide bonds. The van der Waals surface area contributed by atoms with Crippen LogP contribution < -0.4 is 9.80 Å². The average Bonchev–Trinajstić information content (AvgIpc) is 1.57. The van der Waals surface area contributed by atoms with Gasteiger partial charge in [-0.25, -0.2) is 0 Å². The van der Waals surface area contributed by atoms with E-state index in [0.29, 0.717) is 0 Å². The van der Waals surface area contributed by atoms with Gasteiger partial charge in [-0.05, 0) is 230 Å². The Morgan fingerprint density at radius 3 is 1.07 bits per heavy atom. The number of anilines is 6. The SMILES string of the molecule is c1ccc(-n2c3ccccc3c3c(N(c4ccc(-c5ccc6c(ccc7ccccc76)c5)cc4)c4ccc5c(c4)oc4ccc(-n6c7ccccc7c7ccccc76)cc45)cccc32)cc1.c1ccc(-n2c3ccccc3c3ccc(N(c4ccc(-c5cccc6ccccc56)cc4)c4ccc5c(c4)oc4ccc(-n6c7ccccc7c7ccccc76)cc45)cc32)cc1. The molecule has 0 saturated heterocycles. The first-order valence-corrected chi connectivity index (χ1v) is 43.8. The van der Waals surface area contributed by atoms with Crippen LogP contribution in [0.4, 0.5) is 34.1 Å². The predicted octanol–water partition coefficient (Wildman–Crippen LogP) is 33.3. The van der Waals surface area contributed by atoms with Gasteiger partial charge >= 0.3 is 0 Å². The lowest BCUT2D eigenvalue weighted by Gasteiger charge is -2.27. The van der Waals surface area contributed by atoms with Crippen LogP contribution in [0.5, 0.6) is 0 Å². The molecule has 0 unspecified atom stereocenters. The summed E-state index contributed by atoms with van der Waals surface area (Å²) >= 11 is 0. The summed E-state index contributed by atoms with van der Waals surface area (Å²) in [5, 5.41) is 21.7. The van der Waals surface area contributed by atoms with Crippen LogP contribution >= 0.6 is 0 Å². The van der Waals surface area contributed by atoms with E-state index in [1.807, 2.05) is 0 Å². The summed E-state index contributed by atoms with van der Waals surface area (Å²) in [5.74, 6) is 0. The molecule has 0 atom stereocenters. The minimum atomic E-state index is 0.839. The van der Waals surface area contributed by atoms with E-state index in [-0.39, 0.29) is 0 Å². The molecule has 0 aliphatic rings. The Balaban J connectivity index is 0.000000136. The fourth-order valence-corrected chi connectivity index (χ4v) is 20.6. The van der Waals surface area contributed by atoms with E-state index < -0.39 is 0 Å². The highest BCUT2D eigenvalue weighted by Crippen LogP contribution is 2.49. The summed E-state index contributed by atoms with van der Waals surface area (Å²) in [6.07, 6.45) is 0. The van der Waals surface area contributed by atoms with E-state index in [1.54, 1.807) is 0 Å². The molecule has 0 N–H and O–H groups in total. The number of hydrogen-bond donors (Lipinski definition) is 0. The molecule has 128 heavy (non-hydrogen) atoms. The zero-order valence-corrected chi connectivity index (χ0v) is 69.4. The number of nitrogens with zero attached hydrogens (tertiary/aromatic N) is 6. The number of aromatic nitrogens is 4. The second-order valence-corrected chi connectivity index (χ2v) is 33.4. The highest BCUT2D eigenvalue weighted by Gasteiger charge is 2.26. The van der Waals surface area contributed by atoms with E-state index >= 15 is 0 Å². The molecule has 27 aromatic rings.